The van der Waals surface area contributed by atoms with Crippen molar-refractivity contribution in [2.24, 2.45) is 11.8 Å². The average Bonchev–Trinajstić information content (AvgIpc) is 2.26. The third kappa shape index (κ3) is 4.53. The second-order valence-corrected chi connectivity index (χ2v) is 4.95. The zero-order chi connectivity index (χ0) is 15.6. The first-order valence-electron chi connectivity index (χ1n) is 6.12. The van der Waals surface area contributed by atoms with Gasteiger partial charge in [0.1, 0.15) is 0 Å². The van der Waals surface area contributed by atoms with Crippen molar-refractivity contribution < 1.29 is 31.1 Å². The molecule has 1 unspecified atom stereocenters. The smallest absolute Gasteiger partial charge is 0.345 e. The second-order valence-electron chi connectivity index (χ2n) is 4.95. The minimum Gasteiger partial charge on any atom is -0.345 e. The molecule has 1 amide bonds. The lowest BCUT2D eigenvalue weighted by Crippen LogP contribution is -2.50. The summed E-state index contributed by atoms with van der Waals surface area (Å²) in [5.41, 5.74) is 0. The van der Waals surface area contributed by atoms with Gasteiger partial charge in [0.2, 0.25) is 11.8 Å². The van der Waals surface area contributed by atoms with E-state index in [4.69, 9.17) is 0 Å². The quantitative estimate of drug-likeness (QED) is 0.811. The molecule has 1 heterocycles. The average molecular weight is 306 g/mol. The number of hydrogen-bond acceptors (Lipinski definition) is 2. The van der Waals surface area contributed by atoms with Crippen LogP contribution in [0.25, 0.3) is 0 Å². The molecule has 1 aliphatic heterocycles. The number of hydrogen-bond donors (Lipinski definition) is 1. The summed E-state index contributed by atoms with van der Waals surface area (Å²) < 4.78 is 74.6. The fourth-order valence-corrected chi connectivity index (χ4v) is 2.24. The third-order valence-corrected chi connectivity index (χ3v) is 3.21. The van der Waals surface area contributed by atoms with Crippen molar-refractivity contribution in [3.8, 4) is 0 Å². The maximum atomic E-state index is 12.4. The Balaban J connectivity index is 2.73. The summed E-state index contributed by atoms with van der Waals surface area (Å²) >= 11 is 0. The molecule has 1 atom stereocenters. The molecule has 0 bridgehead atoms. The number of nitrogens with one attached hydrogen (secondary N) is 1. The molecule has 1 fully saturated rings. The van der Waals surface area contributed by atoms with Crippen molar-refractivity contribution >= 4 is 5.91 Å². The van der Waals surface area contributed by atoms with Crippen LogP contribution < -0.4 is 5.32 Å². The monoisotopic (exact) mass is 306 g/mol. The molecule has 20 heavy (non-hydrogen) atoms. The molecule has 1 N–H and O–H groups in total. The highest BCUT2D eigenvalue weighted by atomic mass is 19.4. The van der Waals surface area contributed by atoms with E-state index in [0.29, 0.717) is 17.9 Å². The highest BCUT2D eigenvalue weighted by molar-refractivity contribution is 5.80. The van der Waals surface area contributed by atoms with E-state index in [9.17, 15) is 31.1 Å². The molecule has 0 aromatic carbocycles. The summed E-state index contributed by atoms with van der Waals surface area (Å²) in [4.78, 5) is 12.0. The Morgan fingerprint density at radius 3 is 2.20 bits per heavy atom. The van der Waals surface area contributed by atoms with E-state index >= 15 is 0 Å². The molecule has 3 nitrogen and oxygen atoms in total. The van der Waals surface area contributed by atoms with Gasteiger partial charge >= 0.3 is 12.4 Å². The largest absolute Gasteiger partial charge is 0.409 e. The SMILES string of the molecule is CN(CC1CCCNC1)C(=O)C(C(F)(F)F)C(F)(F)F. The van der Waals surface area contributed by atoms with Gasteiger partial charge in [-0.3, -0.25) is 4.79 Å². The number of amides is 1. The van der Waals surface area contributed by atoms with Gasteiger partial charge < -0.3 is 10.2 Å². The van der Waals surface area contributed by atoms with E-state index in [-0.39, 0.29) is 12.5 Å². The lowest BCUT2D eigenvalue weighted by molar-refractivity contribution is -0.277. The number of carbonyl (C=O) groups is 1. The molecular formula is C11H16F6N2O. The minimum absolute atomic E-state index is 0.117. The number of rotatable bonds is 3. The molecule has 1 aliphatic rings. The van der Waals surface area contributed by atoms with Gasteiger partial charge in [-0.15, -0.1) is 0 Å². The summed E-state index contributed by atoms with van der Waals surface area (Å²) in [7, 11) is 0.974. The van der Waals surface area contributed by atoms with Gasteiger partial charge in [-0.25, -0.2) is 0 Å². The van der Waals surface area contributed by atoms with E-state index in [2.05, 4.69) is 5.32 Å². The Hall–Kier alpha value is -0.990. The minimum atomic E-state index is -5.63. The first kappa shape index (κ1) is 17.1. The van der Waals surface area contributed by atoms with Crippen molar-refractivity contribution in [1.29, 1.82) is 0 Å². The lowest BCUT2D eigenvalue weighted by atomic mass is 9.98. The number of piperidine rings is 1. The Morgan fingerprint density at radius 2 is 1.80 bits per heavy atom. The van der Waals surface area contributed by atoms with Crippen molar-refractivity contribution in [3.05, 3.63) is 0 Å². The third-order valence-electron chi connectivity index (χ3n) is 3.21. The lowest BCUT2D eigenvalue weighted by Gasteiger charge is -2.31. The number of carbonyl (C=O) groups excluding carboxylic acids is 1. The van der Waals surface area contributed by atoms with Crippen molar-refractivity contribution in [2.45, 2.75) is 25.2 Å². The number of alkyl halides is 6. The van der Waals surface area contributed by atoms with E-state index in [1.165, 1.54) is 0 Å². The van der Waals surface area contributed by atoms with Crippen LogP contribution in [-0.2, 0) is 4.79 Å². The molecule has 0 aromatic rings. The molecule has 0 saturated carbocycles. The Labute approximate surface area is 112 Å². The standard InChI is InChI=1S/C11H16F6N2O/c1-19(6-7-3-2-4-18-5-7)9(20)8(10(12,13)14)11(15,16)17/h7-8,18H,2-6H2,1H3. The predicted molar refractivity (Wildman–Crippen MR) is 58.8 cm³/mol. The highest BCUT2D eigenvalue weighted by Gasteiger charge is 2.61. The molecule has 118 valence electrons. The van der Waals surface area contributed by atoms with Gasteiger partial charge in [0, 0.05) is 13.6 Å². The van der Waals surface area contributed by atoms with Crippen LogP contribution in [0.2, 0.25) is 0 Å². The molecule has 1 rings (SSSR count). The van der Waals surface area contributed by atoms with Crippen LogP contribution in [0.15, 0.2) is 0 Å². The van der Waals surface area contributed by atoms with Crippen LogP contribution in [0.4, 0.5) is 26.3 Å². The Bertz CT molecular complexity index is 321. The van der Waals surface area contributed by atoms with Crippen LogP contribution in [0.5, 0.6) is 0 Å². The fraction of sp³-hybridized carbons (Fsp3) is 0.909. The summed E-state index contributed by atoms with van der Waals surface area (Å²) in [6, 6.07) is 0. The van der Waals surface area contributed by atoms with E-state index in [1.54, 1.807) is 0 Å². The molecule has 0 radical (unpaired) electrons. The van der Waals surface area contributed by atoms with Crippen LogP contribution >= 0.6 is 0 Å². The maximum Gasteiger partial charge on any atom is 0.409 e. The highest BCUT2D eigenvalue weighted by Crippen LogP contribution is 2.40. The first-order chi connectivity index (χ1) is 9.03. The normalized spacial score (nSPS) is 21.1. The zero-order valence-corrected chi connectivity index (χ0v) is 10.8. The molecule has 0 spiro atoms. The summed E-state index contributed by atoms with van der Waals surface area (Å²) in [5, 5.41) is 2.99. The van der Waals surface area contributed by atoms with Crippen LogP contribution in [0.1, 0.15) is 12.8 Å². The maximum absolute atomic E-state index is 12.4. The fourth-order valence-electron chi connectivity index (χ4n) is 2.24. The Morgan fingerprint density at radius 1 is 1.25 bits per heavy atom. The molecular weight excluding hydrogens is 290 g/mol. The molecule has 0 aliphatic carbocycles. The van der Waals surface area contributed by atoms with E-state index < -0.39 is 24.2 Å². The van der Waals surface area contributed by atoms with Crippen molar-refractivity contribution in [1.82, 2.24) is 10.2 Å². The van der Waals surface area contributed by atoms with E-state index in [0.717, 1.165) is 20.0 Å². The van der Waals surface area contributed by atoms with Crippen LogP contribution in [-0.4, -0.2) is 49.8 Å². The zero-order valence-electron chi connectivity index (χ0n) is 10.8. The molecule has 0 aromatic heterocycles. The molecule has 1 saturated heterocycles. The first-order valence-corrected chi connectivity index (χ1v) is 6.12. The van der Waals surface area contributed by atoms with Crippen LogP contribution in [0, 0.1) is 11.8 Å². The van der Waals surface area contributed by atoms with Gasteiger partial charge in [-0.05, 0) is 31.8 Å². The van der Waals surface area contributed by atoms with Gasteiger partial charge in [0.25, 0.3) is 0 Å². The molecule has 9 heteroatoms. The van der Waals surface area contributed by atoms with Gasteiger partial charge in [-0.1, -0.05) is 0 Å². The van der Waals surface area contributed by atoms with E-state index in [1.807, 2.05) is 0 Å². The summed E-state index contributed by atoms with van der Waals surface area (Å²) in [5.74, 6) is -6.02. The van der Waals surface area contributed by atoms with Gasteiger partial charge in [0.15, 0.2) is 0 Å². The van der Waals surface area contributed by atoms with Crippen molar-refractivity contribution in [2.75, 3.05) is 26.7 Å². The Kier molecular flexibility index (Phi) is 5.28. The van der Waals surface area contributed by atoms with Crippen LogP contribution in [0.3, 0.4) is 0 Å². The summed E-state index contributed by atoms with van der Waals surface area (Å²) in [6.07, 6.45) is -9.80. The van der Waals surface area contributed by atoms with Gasteiger partial charge in [0.05, 0.1) is 0 Å². The number of halogens is 6. The summed E-state index contributed by atoms with van der Waals surface area (Å²) in [6.45, 7) is 1.14. The van der Waals surface area contributed by atoms with Crippen molar-refractivity contribution in [3.63, 3.8) is 0 Å². The topological polar surface area (TPSA) is 32.3 Å². The number of nitrogens with zero attached hydrogens (tertiary/aromatic N) is 1. The van der Waals surface area contributed by atoms with Gasteiger partial charge in [-0.2, -0.15) is 26.3 Å². The second kappa shape index (κ2) is 6.19. The predicted octanol–water partition coefficient (Wildman–Crippen LogP) is 2.19.